The quantitative estimate of drug-likeness (QED) is 0.680. The minimum absolute atomic E-state index is 0.300. The number of rotatable bonds is 9. The molecule has 1 aliphatic rings. The summed E-state index contributed by atoms with van der Waals surface area (Å²) in [6.07, 6.45) is 5.09. The van der Waals surface area contributed by atoms with Crippen molar-refractivity contribution in [3.8, 4) is 0 Å². The van der Waals surface area contributed by atoms with Gasteiger partial charge in [0.1, 0.15) is 0 Å². The van der Waals surface area contributed by atoms with Crippen molar-refractivity contribution in [2.24, 2.45) is 0 Å². The van der Waals surface area contributed by atoms with E-state index >= 15 is 0 Å². The zero-order chi connectivity index (χ0) is 16.6. The third kappa shape index (κ3) is 5.37. The van der Waals surface area contributed by atoms with Gasteiger partial charge in [-0.15, -0.1) is 11.8 Å². The van der Waals surface area contributed by atoms with Gasteiger partial charge in [-0.1, -0.05) is 42.5 Å². The molecule has 0 radical (unpaired) electrons. The smallest absolute Gasteiger partial charge is 0.0704 e. The number of aliphatic hydroxyl groups excluding tert-OH is 1. The third-order valence-corrected chi connectivity index (χ3v) is 5.63. The molecule has 1 unspecified atom stereocenters. The molecule has 0 aromatic heterocycles. The maximum absolute atomic E-state index is 10.2. The van der Waals surface area contributed by atoms with E-state index in [-0.39, 0.29) is 6.10 Å². The van der Waals surface area contributed by atoms with Gasteiger partial charge in [-0.3, -0.25) is 0 Å². The average molecular weight is 342 g/mol. The Morgan fingerprint density at radius 1 is 1.04 bits per heavy atom. The predicted molar refractivity (Wildman–Crippen MR) is 103 cm³/mol. The zero-order valence-electron chi connectivity index (χ0n) is 14.2. The van der Waals surface area contributed by atoms with Gasteiger partial charge in [0.05, 0.1) is 6.10 Å². The molecule has 3 rings (SSSR count). The summed E-state index contributed by atoms with van der Waals surface area (Å²) in [5.74, 6) is 1.20. The molecule has 24 heavy (non-hydrogen) atoms. The summed E-state index contributed by atoms with van der Waals surface area (Å²) in [6, 6.07) is 17.3. The molecular formula is C21H27NOS. The summed E-state index contributed by atoms with van der Waals surface area (Å²) in [4.78, 5) is 1.42. The second kappa shape index (κ2) is 9.26. The van der Waals surface area contributed by atoms with Gasteiger partial charge in [-0.2, -0.15) is 0 Å². The van der Waals surface area contributed by atoms with Crippen LogP contribution in [-0.2, 0) is 19.3 Å². The van der Waals surface area contributed by atoms with Gasteiger partial charge >= 0.3 is 0 Å². The fourth-order valence-corrected chi connectivity index (χ4v) is 4.26. The second-order valence-electron chi connectivity index (χ2n) is 6.55. The SMILES string of the molecule is OC(CNCCCCc1ccccc1)Cc1ccc2c(c1)CCS2. The van der Waals surface area contributed by atoms with Gasteiger partial charge in [-0.25, -0.2) is 0 Å². The van der Waals surface area contributed by atoms with E-state index < -0.39 is 0 Å². The minimum Gasteiger partial charge on any atom is -0.391 e. The van der Waals surface area contributed by atoms with E-state index in [1.54, 1.807) is 0 Å². The van der Waals surface area contributed by atoms with Crippen LogP contribution in [0.3, 0.4) is 0 Å². The predicted octanol–water partition coefficient (Wildman–Crippen LogP) is 3.85. The van der Waals surface area contributed by atoms with Crippen molar-refractivity contribution in [2.45, 2.75) is 43.1 Å². The molecule has 0 spiro atoms. The number of benzene rings is 2. The molecule has 2 aromatic carbocycles. The highest BCUT2D eigenvalue weighted by atomic mass is 32.2. The van der Waals surface area contributed by atoms with Crippen LogP contribution in [0.4, 0.5) is 0 Å². The Morgan fingerprint density at radius 2 is 1.92 bits per heavy atom. The van der Waals surface area contributed by atoms with Crippen LogP contribution in [0.25, 0.3) is 0 Å². The molecule has 1 atom stereocenters. The van der Waals surface area contributed by atoms with E-state index in [0.717, 1.165) is 25.8 Å². The van der Waals surface area contributed by atoms with Gasteiger partial charge in [0, 0.05) is 17.2 Å². The average Bonchev–Trinajstić information content (AvgIpc) is 3.06. The Kier molecular flexibility index (Phi) is 6.76. The van der Waals surface area contributed by atoms with Crippen LogP contribution in [0, 0.1) is 0 Å². The van der Waals surface area contributed by atoms with E-state index in [2.05, 4.69) is 53.8 Å². The lowest BCUT2D eigenvalue weighted by Gasteiger charge is -2.13. The maximum atomic E-state index is 10.2. The lowest BCUT2D eigenvalue weighted by atomic mass is 10.0. The van der Waals surface area contributed by atoms with Crippen molar-refractivity contribution in [1.29, 1.82) is 0 Å². The van der Waals surface area contributed by atoms with Crippen LogP contribution in [0.2, 0.25) is 0 Å². The first-order chi connectivity index (χ1) is 11.8. The number of aliphatic hydroxyl groups is 1. The fourth-order valence-electron chi connectivity index (χ4n) is 3.20. The monoisotopic (exact) mass is 341 g/mol. The number of thioether (sulfide) groups is 1. The number of hydrogen-bond donors (Lipinski definition) is 2. The third-order valence-electron chi connectivity index (χ3n) is 4.52. The van der Waals surface area contributed by atoms with Crippen LogP contribution in [0.15, 0.2) is 53.4 Å². The molecule has 2 nitrogen and oxygen atoms in total. The van der Waals surface area contributed by atoms with Crippen molar-refractivity contribution < 1.29 is 5.11 Å². The Balaban J connectivity index is 1.29. The Morgan fingerprint density at radius 3 is 2.79 bits per heavy atom. The minimum atomic E-state index is -0.300. The first-order valence-corrected chi connectivity index (χ1v) is 9.97. The van der Waals surface area contributed by atoms with E-state index in [0.29, 0.717) is 6.54 Å². The van der Waals surface area contributed by atoms with Gasteiger partial charge < -0.3 is 10.4 Å². The summed E-state index contributed by atoms with van der Waals surface area (Å²) in [7, 11) is 0. The molecule has 1 heterocycles. The lowest BCUT2D eigenvalue weighted by molar-refractivity contribution is 0.172. The van der Waals surface area contributed by atoms with Crippen LogP contribution in [0.1, 0.15) is 29.5 Å². The lowest BCUT2D eigenvalue weighted by Crippen LogP contribution is -2.29. The molecule has 1 aliphatic heterocycles. The van der Waals surface area contributed by atoms with Gasteiger partial charge in [0.2, 0.25) is 0 Å². The molecule has 0 bridgehead atoms. The number of aryl methyl sites for hydroxylation is 2. The maximum Gasteiger partial charge on any atom is 0.0704 e. The molecule has 0 amide bonds. The van der Waals surface area contributed by atoms with Crippen molar-refractivity contribution in [2.75, 3.05) is 18.8 Å². The molecule has 2 aromatic rings. The summed E-state index contributed by atoms with van der Waals surface area (Å²) < 4.78 is 0. The number of nitrogens with one attached hydrogen (secondary N) is 1. The standard InChI is InChI=1S/C21H27NOS/c23-20(15-18-9-10-21-19(14-18)11-13-24-21)16-22-12-5-4-8-17-6-2-1-3-7-17/h1-3,6-7,9-10,14,20,22-23H,4-5,8,11-13,15-16H2. The number of unbranched alkanes of at least 4 members (excludes halogenated alkanes) is 1. The molecule has 0 aliphatic carbocycles. The highest BCUT2D eigenvalue weighted by Crippen LogP contribution is 2.31. The topological polar surface area (TPSA) is 32.3 Å². The molecule has 3 heteroatoms. The molecule has 128 valence electrons. The molecule has 0 fully saturated rings. The molecular weight excluding hydrogens is 314 g/mol. The normalized spacial score (nSPS) is 14.5. The summed E-state index contributed by atoms with van der Waals surface area (Å²) in [6.45, 7) is 1.65. The first kappa shape index (κ1) is 17.5. The Labute approximate surface area is 149 Å². The highest BCUT2D eigenvalue weighted by molar-refractivity contribution is 7.99. The second-order valence-corrected chi connectivity index (χ2v) is 7.68. The van der Waals surface area contributed by atoms with Crippen molar-refractivity contribution in [1.82, 2.24) is 5.32 Å². The van der Waals surface area contributed by atoms with Crippen molar-refractivity contribution in [3.05, 3.63) is 65.2 Å². The van der Waals surface area contributed by atoms with E-state index in [1.807, 2.05) is 11.8 Å². The van der Waals surface area contributed by atoms with E-state index in [4.69, 9.17) is 0 Å². The Bertz CT molecular complexity index is 629. The van der Waals surface area contributed by atoms with Crippen LogP contribution in [0.5, 0.6) is 0 Å². The van der Waals surface area contributed by atoms with Crippen molar-refractivity contribution in [3.63, 3.8) is 0 Å². The van der Waals surface area contributed by atoms with Crippen LogP contribution in [-0.4, -0.2) is 30.1 Å². The van der Waals surface area contributed by atoms with Gasteiger partial charge in [-0.05, 0) is 61.4 Å². The van der Waals surface area contributed by atoms with E-state index in [9.17, 15) is 5.11 Å². The number of fused-ring (bicyclic) bond motifs is 1. The van der Waals surface area contributed by atoms with Crippen molar-refractivity contribution >= 4 is 11.8 Å². The van der Waals surface area contributed by atoms with Gasteiger partial charge in [0.15, 0.2) is 0 Å². The first-order valence-electron chi connectivity index (χ1n) is 8.98. The highest BCUT2D eigenvalue weighted by Gasteiger charge is 2.13. The zero-order valence-corrected chi connectivity index (χ0v) is 15.0. The molecule has 0 saturated heterocycles. The number of hydrogen-bond acceptors (Lipinski definition) is 3. The Hall–Kier alpha value is -1.29. The van der Waals surface area contributed by atoms with Crippen LogP contribution >= 0.6 is 11.8 Å². The summed E-state index contributed by atoms with van der Waals surface area (Å²) in [5.41, 5.74) is 4.13. The molecule has 0 saturated carbocycles. The largest absolute Gasteiger partial charge is 0.391 e. The summed E-state index contributed by atoms with van der Waals surface area (Å²) >= 11 is 1.94. The fraction of sp³-hybridized carbons (Fsp3) is 0.429. The summed E-state index contributed by atoms with van der Waals surface area (Å²) in [5, 5.41) is 13.6. The van der Waals surface area contributed by atoms with Gasteiger partial charge in [0.25, 0.3) is 0 Å². The van der Waals surface area contributed by atoms with Crippen LogP contribution < -0.4 is 5.32 Å². The molecule has 2 N–H and O–H groups in total. The van der Waals surface area contributed by atoms with E-state index in [1.165, 1.54) is 40.2 Å².